The summed E-state index contributed by atoms with van der Waals surface area (Å²) in [6.45, 7) is 22.6. The van der Waals surface area contributed by atoms with Gasteiger partial charge in [-0.25, -0.2) is 52.9 Å². The van der Waals surface area contributed by atoms with E-state index < -0.39 is 95.0 Å². The molecule has 7 aromatic rings. The molecule has 5 atom stereocenters. The van der Waals surface area contributed by atoms with Gasteiger partial charge >= 0.3 is 64.8 Å². The minimum Gasteiger partial charge on any atom is -0.508 e. The molecule has 0 saturated heterocycles. The Hall–Kier alpha value is -11.0. The van der Waals surface area contributed by atoms with Gasteiger partial charge in [-0.1, -0.05) is 125 Å². The molecule has 0 fully saturated rings. The number of imidazole rings is 2. The number of aromatic hydroxyl groups is 5. The monoisotopic (exact) mass is 2200 g/mol. The molecule has 0 aliphatic rings. The van der Waals surface area contributed by atoms with E-state index in [1.807, 2.05) is 34.6 Å². The number of aromatic nitrogens is 4. The SMILES string of the molecule is CCC.CCCOC(=O)C(Cc1ccc(O)cc1)NC(=O)NC(C)Cc1ccc(O)cc1.CCCOC(=O)C(Cc1ccc(O)cc1)NC(=O)O.CCCOC(=O)C(Cc1ccc(O)cc1)NC(=O)n1ccnc1.CCCOC(=O)C(N)Cc1ccc(O)cc1.CCOC(=O)CBr.CCOC(=O)[CH-]NC(=O)N[CH-]C(=O)OCC.NC(N)=O.O=C(Cl)Cl.O=C(O)n1ccnc1.[Pr].[Pr]. The summed E-state index contributed by atoms with van der Waals surface area (Å²) in [5, 5.41) is 78.0. The summed E-state index contributed by atoms with van der Waals surface area (Å²) >= 11 is 11.7. The largest absolute Gasteiger partial charge is 0.508 e. The number of halogens is 3. The first kappa shape index (κ1) is 128. The predicted octanol–water partition coefficient (Wildman–Crippen LogP) is 10.5. The van der Waals surface area contributed by atoms with E-state index in [9.17, 15) is 72.9 Å². The van der Waals surface area contributed by atoms with Crippen molar-refractivity contribution in [3.63, 3.8) is 0 Å². The van der Waals surface area contributed by atoms with E-state index in [-0.39, 0.29) is 175 Å². The maximum Gasteiger partial charge on any atom is 0.416 e. The Morgan fingerprint density at radius 3 is 0.985 bits per heavy atom. The Balaban J connectivity index is -0.000000475. The first-order valence-corrected chi connectivity index (χ1v) is 41.7. The van der Waals surface area contributed by atoms with Crippen LogP contribution in [0.15, 0.2) is 159 Å². The number of ether oxygens (including phenoxy) is 7. The average Bonchev–Trinajstić information content (AvgIpc) is 1.53. The molecule has 0 aliphatic carbocycles. The second-order valence-corrected chi connectivity index (χ2v) is 27.1. The molecule has 0 aliphatic heterocycles. The van der Waals surface area contributed by atoms with Crippen molar-refractivity contribution in [3.05, 3.63) is 200 Å². The number of alkyl halides is 1. The second kappa shape index (κ2) is 81.0. The Morgan fingerprint density at radius 2 is 0.718 bits per heavy atom. The van der Waals surface area contributed by atoms with Crippen molar-refractivity contribution in [2.24, 2.45) is 17.2 Å². The standard InChI is InChI=1S/C22H28N2O5.C16H19N3O4.C13H17NO5.C12H17NO3.C9H14N2O5.C4H7BrO2.C4H4N2O2.C3H8.CCl2O.CH4N2O.2Pr/c1-3-12-29-21(27)20(14-17-6-10-19(26)11-7-17)24-22(28)23-15(2)13-16-4-8-18(25)9-5-16;1-2-9-23-15(21)14(10-12-3-5-13(20)6-4-12)18-16(22)19-8-7-17-11-19;1-2-7-19-12(16)11(14-13(17)18)8-9-3-5-10(15)6-4-9;1-2-7-16-12(15)11(13)8-9-3-5-10(14)6-4-9;1-3-15-7(12)5-10-9(14)11-6-8(13)16-4-2;1-2-7-4(6)3-5;7-4(8)6-2-1-5-3-6;1-3-2;2*2-1(3)4;;/h4-11,15,20,25-26H,3,12-14H2,1-2H3,(H2,23,24,28);3-8,11,14,20H,2,9-10H2,1H3,(H,18,22);3-6,11,14-15H,2,7-8H2,1H3,(H,17,18);3-6,11,14H,2,7-8,13H2,1H3;5-6H,3-4H2,1-2H3,(H2,10,11,14);2-3H2,1H3;1-3H,(H,7,8);3H2,1-2H3;;(H4,2,3,4);;/q;;;;-2;;;;;;;. The summed E-state index contributed by atoms with van der Waals surface area (Å²) in [6.07, 6.45) is 11.8. The maximum absolute atomic E-state index is 12.4. The molecule has 19 N–H and O–H groups in total. The van der Waals surface area contributed by atoms with Gasteiger partial charge in [-0.15, -0.1) is 0 Å². The van der Waals surface area contributed by atoms with Crippen molar-refractivity contribution in [1.29, 1.82) is 0 Å². The molecule has 0 saturated carbocycles. The number of primary amides is 2. The number of benzene rings is 5. The van der Waals surface area contributed by atoms with Crippen LogP contribution in [0.2, 0.25) is 0 Å². The van der Waals surface area contributed by atoms with Crippen LogP contribution in [0.5, 0.6) is 28.7 Å². The van der Waals surface area contributed by atoms with E-state index in [0.717, 1.165) is 51.9 Å². The van der Waals surface area contributed by atoms with E-state index in [2.05, 4.69) is 121 Å². The molecule has 5 aromatic carbocycles. The number of nitrogens with zero attached hydrogens (tertiary/aromatic N) is 4. The fraction of sp³-hybridized carbons (Fsp3) is 0.388. The van der Waals surface area contributed by atoms with E-state index >= 15 is 0 Å². The van der Waals surface area contributed by atoms with E-state index in [1.165, 1.54) is 84.8 Å². The zero-order chi connectivity index (χ0) is 98.0. The third-order valence-electron chi connectivity index (χ3n) is 14.3. The number of phenolic OH excluding ortho intramolecular Hbond substituents is 5. The number of rotatable bonds is 34. The van der Waals surface area contributed by atoms with Gasteiger partial charge in [0, 0.05) is 133 Å². The molecule has 2 radical (unpaired) electrons. The van der Waals surface area contributed by atoms with Crippen molar-refractivity contribution in [2.75, 3.05) is 51.6 Å². The zero-order valence-corrected chi connectivity index (χ0v) is 84.8. The number of urea groups is 3. The molecule has 8 amide bonds. The fourth-order valence-electron chi connectivity index (χ4n) is 8.81. The number of hydrogen-bond acceptors (Lipinski definition) is 29. The van der Waals surface area contributed by atoms with Crippen LogP contribution in [0.1, 0.15) is 129 Å². The molecule has 7 rings (SSSR count). The summed E-state index contributed by atoms with van der Waals surface area (Å²) < 4.78 is 35.1. The summed E-state index contributed by atoms with van der Waals surface area (Å²) in [5.41, 5.74) is 18.4. The predicted molar refractivity (Wildman–Crippen MR) is 478 cm³/mol. The molecule has 41 nitrogen and oxygen atoms in total. The molecule has 0 spiro atoms. The number of phenols is 5. The Kier molecular flexibility index (Phi) is 79.5. The van der Waals surface area contributed by atoms with Crippen molar-refractivity contribution in [2.45, 2.75) is 164 Å². The van der Waals surface area contributed by atoms with Crippen molar-refractivity contribution >= 4 is 122 Å². The zero-order valence-electron chi connectivity index (χ0n) is 74.3. The van der Waals surface area contributed by atoms with Crippen LogP contribution in [0.25, 0.3) is 0 Å². The number of carbonyl (C=O) groups is 14. The normalized spacial score (nSPS) is 10.6. The topological polar surface area (TPSA) is 631 Å². The number of esters is 7. The van der Waals surface area contributed by atoms with Crippen LogP contribution >= 0.6 is 39.1 Å². The molecule has 2 aromatic heterocycles. The van der Waals surface area contributed by atoms with E-state index in [1.54, 1.807) is 106 Å². The summed E-state index contributed by atoms with van der Waals surface area (Å²) in [4.78, 5) is 161. The van der Waals surface area contributed by atoms with Crippen LogP contribution in [0.3, 0.4) is 0 Å². The number of nitrogens with two attached hydrogens (primary N) is 3. The van der Waals surface area contributed by atoms with Gasteiger partial charge in [-0.3, -0.25) is 33.3 Å². The van der Waals surface area contributed by atoms with E-state index in [0.29, 0.717) is 57.3 Å². The van der Waals surface area contributed by atoms with Crippen LogP contribution in [0.4, 0.5) is 33.6 Å². The molecular weight excluding hydrogens is 2080 g/mol. The molecule has 131 heavy (non-hydrogen) atoms. The number of nitrogens with one attached hydrogen (secondary N) is 6. The average molecular weight is 2200 g/mol. The Labute approximate surface area is 844 Å². The molecule has 0 bridgehead atoms. The molecule has 46 heteroatoms. The fourth-order valence-corrected chi connectivity index (χ4v) is 8.98. The minimum atomic E-state index is -1.28. The van der Waals surface area contributed by atoms with Gasteiger partial charge in [0.1, 0.15) is 70.9 Å². The summed E-state index contributed by atoms with van der Waals surface area (Å²) in [7, 11) is 0. The van der Waals surface area contributed by atoms with Gasteiger partial charge in [0.15, 0.2) is 11.9 Å². The number of hydrogen-bond donors (Lipinski definition) is 16. The smallest absolute Gasteiger partial charge is 0.416 e. The van der Waals surface area contributed by atoms with Crippen molar-refractivity contribution < 1.29 is 219 Å². The van der Waals surface area contributed by atoms with Gasteiger partial charge in [-0.05, 0) is 178 Å². The van der Waals surface area contributed by atoms with Gasteiger partial charge in [0.25, 0.3) is 6.03 Å². The Bertz CT molecular complexity index is 4290. The van der Waals surface area contributed by atoms with Crippen molar-refractivity contribution in [1.82, 2.24) is 51.0 Å². The first-order chi connectivity index (χ1) is 61.2. The third kappa shape index (κ3) is 72.4. The summed E-state index contributed by atoms with van der Waals surface area (Å²) in [6, 6.07) is 26.6. The van der Waals surface area contributed by atoms with Gasteiger partial charge in [-0.2, -0.15) is 13.1 Å². The van der Waals surface area contributed by atoms with Gasteiger partial charge in [0.2, 0.25) is 0 Å². The number of carbonyl (C=O) groups excluding carboxylic acids is 12. The van der Waals surface area contributed by atoms with Crippen LogP contribution in [0, 0.1) is 95.7 Å². The quantitative estimate of drug-likeness (QED) is 0.00586. The first-order valence-electron chi connectivity index (χ1n) is 39.8. The van der Waals surface area contributed by atoms with Gasteiger partial charge < -0.3 is 118 Å². The summed E-state index contributed by atoms with van der Waals surface area (Å²) in [5.74, 6) is -2.75. The van der Waals surface area contributed by atoms with E-state index in [4.69, 9.17) is 54.7 Å². The van der Waals surface area contributed by atoms with Gasteiger partial charge in [0.05, 0.1) is 46.2 Å². The van der Waals surface area contributed by atoms with Crippen LogP contribution < -0.4 is 49.1 Å². The Morgan fingerprint density at radius 1 is 0.427 bits per heavy atom. The number of amides is 8. The third-order valence-corrected chi connectivity index (χ3v) is 14.8. The second-order valence-electron chi connectivity index (χ2n) is 25.6. The van der Waals surface area contributed by atoms with Crippen LogP contribution in [-0.2, 0) is 98.8 Å². The molecule has 720 valence electrons. The maximum atomic E-state index is 12.4. The van der Waals surface area contributed by atoms with Crippen molar-refractivity contribution in [3.8, 4) is 28.7 Å². The number of carboxylic acid groups (broad SMARTS) is 2. The minimum absolute atomic E-state index is 0. The van der Waals surface area contributed by atoms with Crippen LogP contribution in [-0.4, -0.2) is 219 Å². The molecule has 5 unspecified atom stereocenters. The molecular formula is C85H118BrCl2N13O28Pr2-2. The molecule has 2 heterocycles.